The number of carbonyl (C=O) groups excluding carboxylic acids is 1. The number of aromatic nitrogens is 1. The number of carboxylic acids is 1. The van der Waals surface area contributed by atoms with Crippen LogP contribution in [0.3, 0.4) is 0 Å². The highest BCUT2D eigenvalue weighted by molar-refractivity contribution is 5.94. The van der Waals surface area contributed by atoms with E-state index < -0.39 is 24.5 Å². The molecule has 1 aromatic rings. The number of hydrogen-bond acceptors (Lipinski definition) is 4. The van der Waals surface area contributed by atoms with Gasteiger partial charge in [-0.2, -0.15) is 0 Å². The van der Waals surface area contributed by atoms with E-state index in [0.717, 1.165) is 0 Å². The number of pyridine rings is 1. The maximum atomic E-state index is 11.4. The molecule has 1 heterocycles. The molecule has 0 aliphatic heterocycles. The average molecular weight is 210 g/mol. The molecule has 6 nitrogen and oxygen atoms in total. The van der Waals surface area contributed by atoms with Crippen LogP contribution in [0.2, 0.25) is 0 Å². The highest BCUT2D eigenvalue weighted by atomic mass is 16.4. The molecular formula is C9H10N2O4. The first kappa shape index (κ1) is 11.1. The van der Waals surface area contributed by atoms with Crippen LogP contribution in [0.15, 0.2) is 24.4 Å². The SMILES string of the molecule is O=C(N[C@@H](CO)C(=O)O)c1ccccn1. The molecule has 0 radical (unpaired) electrons. The Hall–Kier alpha value is -1.95. The van der Waals surface area contributed by atoms with Gasteiger partial charge in [0, 0.05) is 6.20 Å². The second-order valence-electron chi connectivity index (χ2n) is 2.76. The summed E-state index contributed by atoms with van der Waals surface area (Å²) in [5, 5.41) is 19.4. The van der Waals surface area contributed by atoms with E-state index in [1.165, 1.54) is 12.3 Å². The van der Waals surface area contributed by atoms with Gasteiger partial charge in [0.15, 0.2) is 6.04 Å². The van der Waals surface area contributed by atoms with E-state index in [1.807, 2.05) is 0 Å². The van der Waals surface area contributed by atoms with Crippen molar-refractivity contribution in [1.29, 1.82) is 0 Å². The molecule has 0 bridgehead atoms. The minimum absolute atomic E-state index is 0.109. The molecule has 3 N–H and O–H groups in total. The Labute approximate surface area is 85.6 Å². The zero-order valence-electron chi connectivity index (χ0n) is 7.75. The molecule has 0 saturated carbocycles. The second kappa shape index (κ2) is 5.06. The van der Waals surface area contributed by atoms with Crippen molar-refractivity contribution in [3.8, 4) is 0 Å². The third-order valence-corrected chi connectivity index (χ3v) is 1.68. The van der Waals surface area contributed by atoms with Crippen LogP contribution >= 0.6 is 0 Å². The summed E-state index contributed by atoms with van der Waals surface area (Å²) in [6, 6.07) is 3.39. The van der Waals surface area contributed by atoms with Gasteiger partial charge in [0.05, 0.1) is 6.61 Å². The number of aliphatic hydroxyl groups is 1. The lowest BCUT2D eigenvalue weighted by Crippen LogP contribution is -2.43. The van der Waals surface area contributed by atoms with Crippen LogP contribution in [0.1, 0.15) is 10.5 Å². The van der Waals surface area contributed by atoms with Crippen LogP contribution in [0.25, 0.3) is 0 Å². The van der Waals surface area contributed by atoms with Crippen molar-refractivity contribution in [2.24, 2.45) is 0 Å². The fourth-order valence-electron chi connectivity index (χ4n) is 0.915. The Kier molecular flexibility index (Phi) is 3.75. The molecule has 80 valence electrons. The number of rotatable bonds is 4. The standard InChI is InChI=1S/C9H10N2O4/c12-5-7(9(14)15)11-8(13)6-3-1-2-4-10-6/h1-4,7,12H,5H2,(H,11,13)(H,14,15)/t7-/m0/s1. The number of hydrogen-bond donors (Lipinski definition) is 3. The number of nitrogens with zero attached hydrogens (tertiary/aromatic N) is 1. The maximum Gasteiger partial charge on any atom is 0.328 e. The van der Waals surface area contributed by atoms with E-state index in [1.54, 1.807) is 12.1 Å². The largest absolute Gasteiger partial charge is 0.480 e. The summed E-state index contributed by atoms with van der Waals surface area (Å²) < 4.78 is 0. The molecule has 1 rings (SSSR count). The number of nitrogens with one attached hydrogen (secondary N) is 1. The monoisotopic (exact) mass is 210 g/mol. The van der Waals surface area contributed by atoms with E-state index in [4.69, 9.17) is 10.2 Å². The van der Waals surface area contributed by atoms with Crippen molar-refractivity contribution in [3.05, 3.63) is 30.1 Å². The third-order valence-electron chi connectivity index (χ3n) is 1.68. The summed E-state index contributed by atoms with van der Waals surface area (Å²) in [6.07, 6.45) is 1.42. The molecule has 0 aromatic carbocycles. The first-order valence-electron chi connectivity index (χ1n) is 4.20. The third kappa shape index (κ3) is 3.03. The Morgan fingerprint density at radius 3 is 2.67 bits per heavy atom. The Bertz CT molecular complexity index is 352. The van der Waals surface area contributed by atoms with Crippen LogP contribution in [0, 0.1) is 0 Å². The normalized spacial score (nSPS) is 11.8. The number of carboxylic acid groups (broad SMARTS) is 1. The van der Waals surface area contributed by atoms with Crippen LogP contribution in [-0.2, 0) is 4.79 Å². The summed E-state index contributed by atoms with van der Waals surface area (Å²) in [5.74, 6) is -1.92. The number of aliphatic hydroxyl groups excluding tert-OH is 1. The zero-order valence-corrected chi connectivity index (χ0v) is 7.75. The van der Waals surface area contributed by atoms with Gasteiger partial charge >= 0.3 is 5.97 Å². The molecule has 6 heteroatoms. The zero-order chi connectivity index (χ0) is 11.3. The van der Waals surface area contributed by atoms with E-state index in [0.29, 0.717) is 0 Å². The summed E-state index contributed by atoms with van der Waals surface area (Å²) >= 11 is 0. The van der Waals surface area contributed by atoms with Crippen LogP contribution in [0.5, 0.6) is 0 Å². The molecule has 0 unspecified atom stereocenters. The van der Waals surface area contributed by atoms with Crippen molar-refractivity contribution >= 4 is 11.9 Å². The van der Waals surface area contributed by atoms with Gasteiger partial charge in [-0.25, -0.2) is 4.79 Å². The van der Waals surface area contributed by atoms with Gasteiger partial charge in [0.25, 0.3) is 5.91 Å². The molecule has 0 spiro atoms. The molecular weight excluding hydrogens is 200 g/mol. The molecule has 1 aromatic heterocycles. The Balaban J connectivity index is 2.67. The van der Waals surface area contributed by atoms with Gasteiger partial charge < -0.3 is 15.5 Å². The topological polar surface area (TPSA) is 99.5 Å². The van der Waals surface area contributed by atoms with Gasteiger partial charge in [-0.05, 0) is 12.1 Å². The first-order valence-corrected chi connectivity index (χ1v) is 4.20. The van der Waals surface area contributed by atoms with Gasteiger partial charge in [-0.15, -0.1) is 0 Å². The van der Waals surface area contributed by atoms with Crippen molar-refractivity contribution in [1.82, 2.24) is 10.3 Å². The number of amides is 1. The van der Waals surface area contributed by atoms with Crippen molar-refractivity contribution in [3.63, 3.8) is 0 Å². The average Bonchev–Trinajstić information content (AvgIpc) is 2.26. The number of carbonyl (C=O) groups is 2. The van der Waals surface area contributed by atoms with Crippen LogP contribution in [-0.4, -0.2) is 39.7 Å². The summed E-state index contributed by atoms with van der Waals surface area (Å²) in [4.78, 5) is 25.6. The summed E-state index contributed by atoms with van der Waals surface area (Å²) in [7, 11) is 0. The predicted octanol–water partition coefficient (Wildman–Crippen LogP) is -0.743. The summed E-state index contributed by atoms with van der Waals surface area (Å²) in [5.41, 5.74) is 0.109. The molecule has 0 aliphatic carbocycles. The van der Waals surface area contributed by atoms with Gasteiger partial charge in [0.2, 0.25) is 0 Å². The molecule has 0 fully saturated rings. The number of aliphatic carboxylic acids is 1. The van der Waals surface area contributed by atoms with Crippen LogP contribution in [0.4, 0.5) is 0 Å². The highest BCUT2D eigenvalue weighted by Gasteiger charge is 2.19. The Morgan fingerprint density at radius 2 is 2.20 bits per heavy atom. The second-order valence-corrected chi connectivity index (χ2v) is 2.76. The van der Waals surface area contributed by atoms with Gasteiger partial charge in [-0.1, -0.05) is 6.07 Å². The molecule has 0 saturated heterocycles. The quantitative estimate of drug-likeness (QED) is 0.607. The fourth-order valence-corrected chi connectivity index (χ4v) is 0.915. The lowest BCUT2D eigenvalue weighted by Gasteiger charge is -2.10. The van der Waals surface area contributed by atoms with E-state index in [-0.39, 0.29) is 5.69 Å². The van der Waals surface area contributed by atoms with Crippen molar-refractivity contribution in [2.75, 3.05) is 6.61 Å². The minimum atomic E-state index is -1.31. The molecule has 1 amide bonds. The maximum absolute atomic E-state index is 11.4. The van der Waals surface area contributed by atoms with E-state index in [9.17, 15) is 9.59 Å². The van der Waals surface area contributed by atoms with E-state index >= 15 is 0 Å². The summed E-state index contributed by atoms with van der Waals surface area (Å²) in [6.45, 7) is -0.659. The predicted molar refractivity (Wildman–Crippen MR) is 50.2 cm³/mol. The molecule has 1 atom stereocenters. The van der Waals surface area contributed by atoms with Gasteiger partial charge in [0.1, 0.15) is 5.69 Å². The van der Waals surface area contributed by atoms with Crippen LogP contribution < -0.4 is 5.32 Å². The van der Waals surface area contributed by atoms with E-state index in [2.05, 4.69) is 10.3 Å². The molecule has 0 aliphatic rings. The minimum Gasteiger partial charge on any atom is -0.480 e. The first-order chi connectivity index (χ1) is 7.15. The van der Waals surface area contributed by atoms with Crippen molar-refractivity contribution < 1.29 is 19.8 Å². The fraction of sp³-hybridized carbons (Fsp3) is 0.222. The lowest BCUT2D eigenvalue weighted by molar-refractivity contribution is -0.140. The van der Waals surface area contributed by atoms with Crippen molar-refractivity contribution in [2.45, 2.75) is 6.04 Å². The van der Waals surface area contributed by atoms with Gasteiger partial charge in [-0.3, -0.25) is 9.78 Å². The smallest absolute Gasteiger partial charge is 0.328 e. The molecule has 15 heavy (non-hydrogen) atoms. The lowest BCUT2D eigenvalue weighted by atomic mass is 10.3. The highest BCUT2D eigenvalue weighted by Crippen LogP contribution is 1.94. The Morgan fingerprint density at radius 1 is 1.47 bits per heavy atom.